The highest BCUT2D eigenvalue weighted by atomic mass is 15.2. The first kappa shape index (κ1) is 41.8. The first-order valence-electron chi connectivity index (χ1n) is 29.1. The third-order valence-electron chi connectivity index (χ3n) is 16.2. The summed E-state index contributed by atoms with van der Waals surface area (Å²) in [5.41, 5.74) is 16.6. The first-order valence-corrected chi connectivity index (χ1v) is 27.1. The molecule has 15 aromatic rings. The molecule has 4 nitrogen and oxygen atoms in total. The Balaban J connectivity index is 1.08. The van der Waals surface area contributed by atoms with Gasteiger partial charge >= 0.3 is 0 Å². The third kappa shape index (κ3) is 6.85. The van der Waals surface area contributed by atoms with Gasteiger partial charge < -0.3 is 18.6 Å². The van der Waals surface area contributed by atoms with Crippen LogP contribution >= 0.6 is 0 Å². The van der Waals surface area contributed by atoms with Crippen molar-refractivity contribution in [1.82, 2.24) is 8.80 Å². The SMILES string of the molecule is [2H]c1c([2H])c2c3cc4c(cc3n3c5c(C(C)(C)C)cccc5c(c1N(c1ccccc1)c1ccc(-c5ccccc5)cc1)c23)c1c([2H])c([2H])c(N(c2ccccc2)c2ccc(-c3ccccc3)cc2)c2c3cccc(C(C)(C)C)c3n4c12. The van der Waals surface area contributed by atoms with Crippen molar-refractivity contribution in [3.63, 3.8) is 0 Å². The lowest BCUT2D eigenvalue weighted by atomic mass is 9.85. The quantitative estimate of drug-likeness (QED) is 0.151. The molecule has 0 fully saturated rings. The average Bonchev–Trinajstić information content (AvgIpc) is 1.58. The fraction of sp³-hybridized carbons (Fsp3) is 0.108. The Labute approximate surface area is 460 Å². The highest BCUT2D eigenvalue weighted by molar-refractivity contribution is 6.32. The summed E-state index contributed by atoms with van der Waals surface area (Å²) in [5, 5.41) is 6.99. The molecule has 11 aromatic carbocycles. The number of nitrogens with zero attached hydrogens (tertiary/aromatic N) is 4. The lowest BCUT2D eigenvalue weighted by molar-refractivity contribution is 0.594. The summed E-state index contributed by atoms with van der Waals surface area (Å²) in [7, 11) is 0. The fourth-order valence-electron chi connectivity index (χ4n) is 12.7. The molecule has 0 amide bonds. The molecule has 78 heavy (non-hydrogen) atoms. The number of rotatable bonds is 8. The van der Waals surface area contributed by atoms with Gasteiger partial charge in [-0.05, 0) is 117 Å². The maximum atomic E-state index is 10.4. The van der Waals surface area contributed by atoms with Gasteiger partial charge in [-0.2, -0.15) is 0 Å². The number of hydrogen-bond acceptors (Lipinski definition) is 2. The van der Waals surface area contributed by atoms with E-state index in [2.05, 4.69) is 230 Å². The van der Waals surface area contributed by atoms with Crippen LogP contribution in [0.5, 0.6) is 0 Å². The van der Waals surface area contributed by atoms with E-state index in [1.54, 1.807) is 0 Å². The molecule has 0 saturated carbocycles. The van der Waals surface area contributed by atoms with Gasteiger partial charge in [-0.15, -0.1) is 0 Å². The summed E-state index contributed by atoms with van der Waals surface area (Å²) in [6.07, 6.45) is 0. The van der Waals surface area contributed by atoms with Crippen LogP contribution in [0.15, 0.2) is 243 Å². The zero-order valence-corrected chi connectivity index (χ0v) is 44.6. The van der Waals surface area contributed by atoms with E-state index in [0.717, 1.165) is 122 Å². The Morgan fingerprint density at radius 1 is 0.308 bits per heavy atom. The average molecular weight is 1010 g/mol. The lowest BCUT2D eigenvalue weighted by Crippen LogP contribution is -2.12. The molecule has 0 bridgehead atoms. The van der Waals surface area contributed by atoms with Crippen LogP contribution in [0.3, 0.4) is 0 Å². The van der Waals surface area contributed by atoms with Crippen LogP contribution in [0.25, 0.3) is 98.4 Å². The van der Waals surface area contributed by atoms with Gasteiger partial charge in [0.05, 0.1) is 50.0 Å². The van der Waals surface area contributed by atoms with E-state index in [1.807, 2.05) is 48.5 Å². The van der Waals surface area contributed by atoms with Gasteiger partial charge in [0, 0.05) is 65.8 Å². The molecule has 0 spiro atoms. The second-order valence-corrected chi connectivity index (χ2v) is 23.0. The van der Waals surface area contributed by atoms with Crippen LogP contribution in [-0.2, 0) is 10.8 Å². The maximum Gasteiger partial charge on any atom is 0.0645 e. The Hall–Kier alpha value is -9.38. The molecule has 0 aliphatic rings. The number of benzene rings is 11. The van der Waals surface area contributed by atoms with Crippen molar-refractivity contribution >= 4 is 110 Å². The molecule has 0 aliphatic heterocycles. The van der Waals surface area contributed by atoms with Crippen LogP contribution in [0.2, 0.25) is 0 Å². The number of para-hydroxylation sites is 4. The summed E-state index contributed by atoms with van der Waals surface area (Å²) in [6.45, 7) is 13.5. The summed E-state index contributed by atoms with van der Waals surface area (Å²) in [6, 6.07) is 76.6. The monoisotopic (exact) mass is 1010 g/mol. The van der Waals surface area contributed by atoms with Crippen molar-refractivity contribution in [3.05, 3.63) is 254 Å². The smallest absolute Gasteiger partial charge is 0.0645 e. The van der Waals surface area contributed by atoms with Crippen molar-refractivity contribution in [2.45, 2.75) is 52.4 Å². The molecule has 0 N–H and O–H groups in total. The van der Waals surface area contributed by atoms with E-state index < -0.39 is 0 Å². The molecular weight excluding hydrogens is 945 g/mol. The third-order valence-corrected chi connectivity index (χ3v) is 16.2. The predicted octanol–water partition coefficient (Wildman–Crippen LogP) is 20.9. The van der Waals surface area contributed by atoms with Crippen molar-refractivity contribution in [2.75, 3.05) is 9.80 Å². The molecule has 0 aliphatic carbocycles. The Kier molecular flexibility index (Phi) is 9.15. The van der Waals surface area contributed by atoms with Crippen molar-refractivity contribution < 1.29 is 5.48 Å². The van der Waals surface area contributed by atoms with Crippen molar-refractivity contribution in [1.29, 1.82) is 0 Å². The minimum Gasteiger partial charge on any atom is -0.310 e. The van der Waals surface area contributed by atoms with Gasteiger partial charge in [0.2, 0.25) is 0 Å². The van der Waals surface area contributed by atoms with Gasteiger partial charge in [-0.1, -0.05) is 211 Å². The number of anilines is 6. The summed E-state index contributed by atoms with van der Waals surface area (Å²) in [4.78, 5) is 4.35. The minimum atomic E-state index is -0.295. The van der Waals surface area contributed by atoms with E-state index in [1.165, 1.54) is 0 Å². The Bertz CT molecular complexity index is 4680. The Morgan fingerprint density at radius 2 is 0.641 bits per heavy atom. The normalized spacial score (nSPS) is 13.2. The molecule has 4 heterocycles. The first-order chi connectivity index (χ1) is 39.7. The van der Waals surface area contributed by atoms with E-state index in [-0.39, 0.29) is 35.0 Å². The van der Waals surface area contributed by atoms with E-state index in [4.69, 9.17) is 0 Å². The second kappa shape index (κ2) is 17.1. The van der Waals surface area contributed by atoms with E-state index in [9.17, 15) is 5.48 Å². The minimum absolute atomic E-state index is 0.133. The fourth-order valence-corrected chi connectivity index (χ4v) is 12.7. The summed E-state index contributed by atoms with van der Waals surface area (Å²) >= 11 is 0. The number of hydrogen-bond donors (Lipinski definition) is 0. The maximum absolute atomic E-state index is 10.4. The molecule has 4 heteroatoms. The highest BCUT2D eigenvalue weighted by Crippen LogP contribution is 2.53. The summed E-state index contributed by atoms with van der Waals surface area (Å²) < 4.78 is 46.5. The topological polar surface area (TPSA) is 15.3 Å². The van der Waals surface area contributed by atoms with E-state index >= 15 is 0 Å². The van der Waals surface area contributed by atoms with Crippen LogP contribution < -0.4 is 9.80 Å². The molecule has 0 radical (unpaired) electrons. The van der Waals surface area contributed by atoms with Gasteiger partial charge in [-0.3, -0.25) is 0 Å². The number of fused-ring (bicyclic) bond motifs is 12. The largest absolute Gasteiger partial charge is 0.310 e. The van der Waals surface area contributed by atoms with Gasteiger partial charge in [-0.25, -0.2) is 0 Å². The Morgan fingerprint density at radius 3 is 1.00 bits per heavy atom. The molecular formula is C74H58N4. The van der Waals surface area contributed by atoms with Crippen molar-refractivity contribution in [3.8, 4) is 22.3 Å². The zero-order valence-electron chi connectivity index (χ0n) is 48.6. The molecule has 4 aromatic heterocycles. The molecule has 0 saturated heterocycles. The molecule has 374 valence electrons. The van der Waals surface area contributed by atoms with Crippen LogP contribution in [0.4, 0.5) is 34.1 Å². The zero-order chi connectivity index (χ0) is 56.1. The van der Waals surface area contributed by atoms with Gasteiger partial charge in [0.25, 0.3) is 0 Å². The highest BCUT2D eigenvalue weighted by Gasteiger charge is 2.31. The number of aromatic nitrogens is 2. The van der Waals surface area contributed by atoms with Crippen molar-refractivity contribution in [2.24, 2.45) is 0 Å². The van der Waals surface area contributed by atoms with Crippen LogP contribution in [0.1, 0.15) is 58.2 Å². The predicted molar refractivity (Wildman–Crippen MR) is 333 cm³/mol. The van der Waals surface area contributed by atoms with Crippen LogP contribution in [-0.4, -0.2) is 8.80 Å². The van der Waals surface area contributed by atoms with E-state index in [0.29, 0.717) is 22.1 Å². The van der Waals surface area contributed by atoms with Gasteiger partial charge in [0.15, 0.2) is 0 Å². The standard InChI is InChI=1S/C74H58N4/c1-73(2,3)61-31-19-29-57-67-63(75(51-25-15-9-16-26-51)53-37-33-49(34-38-53)47-21-11-7-12-22-47)43-41-55-59-46-66-60(45-65(59)77(69(57)61)71(55)67)56-42-44-64(68-58-30-20-32-62(74(4,5)6)70(58)78(66)72(56)68)76(52-27-17-10-18-28-52)54-39-35-50(36-40-54)48-23-13-8-14-24-48/h7-46H,1-6H3/i41D,42D,43D,44D. The lowest BCUT2D eigenvalue weighted by Gasteiger charge is -2.27. The molecule has 15 rings (SSSR count). The molecule has 0 unspecified atom stereocenters. The van der Waals surface area contributed by atoms with Crippen LogP contribution in [0, 0.1) is 0 Å². The van der Waals surface area contributed by atoms with Gasteiger partial charge in [0.1, 0.15) is 0 Å². The second-order valence-electron chi connectivity index (χ2n) is 23.0. The summed E-state index contributed by atoms with van der Waals surface area (Å²) in [5.74, 6) is 0. The molecule has 0 atom stereocenters.